The molecule has 1 atom stereocenters. The minimum absolute atomic E-state index is 0.0652. The normalized spacial score (nSPS) is 14.4. The minimum atomic E-state index is -3.83. The van der Waals surface area contributed by atoms with Crippen LogP contribution < -0.4 is 10.5 Å². The van der Waals surface area contributed by atoms with E-state index < -0.39 is 28.0 Å². The average molecular weight is 468 g/mol. The van der Waals surface area contributed by atoms with E-state index in [1.54, 1.807) is 0 Å². The molecule has 1 amide bonds. The number of nitrogens with zero attached hydrogens (tertiary/aromatic N) is 1. The molecule has 3 aromatic rings. The van der Waals surface area contributed by atoms with Crippen molar-refractivity contribution in [3.05, 3.63) is 64.8 Å². The van der Waals surface area contributed by atoms with Gasteiger partial charge in [-0.15, -0.1) is 0 Å². The number of aromatic nitrogens is 1. The summed E-state index contributed by atoms with van der Waals surface area (Å²) in [5.74, 6) is -1.09. The van der Waals surface area contributed by atoms with Crippen LogP contribution in [-0.2, 0) is 32.4 Å². The maximum Gasteiger partial charge on any atom is 0.339 e. The van der Waals surface area contributed by atoms with E-state index in [-0.39, 0.29) is 4.90 Å². The minimum Gasteiger partial charge on any atom is -0.449 e. The van der Waals surface area contributed by atoms with Crippen LogP contribution in [0.3, 0.4) is 0 Å². The molecular weight excluding hydrogens is 442 g/mol. The molecule has 4 rings (SSSR count). The second-order valence-corrected chi connectivity index (χ2v) is 9.81. The zero-order valence-electron chi connectivity index (χ0n) is 18.4. The molecule has 33 heavy (non-hydrogen) atoms. The van der Waals surface area contributed by atoms with Gasteiger partial charge in [0.2, 0.25) is 10.0 Å². The predicted octanol–water partition coefficient (Wildman–Crippen LogP) is 3.25. The molecule has 0 spiro atoms. The Labute approximate surface area is 192 Å². The van der Waals surface area contributed by atoms with Crippen molar-refractivity contribution < 1.29 is 22.7 Å². The van der Waals surface area contributed by atoms with Gasteiger partial charge >= 0.3 is 5.97 Å². The number of carbonyl (C=O) groups is 2. The summed E-state index contributed by atoms with van der Waals surface area (Å²) in [6.45, 7) is 3.44. The summed E-state index contributed by atoms with van der Waals surface area (Å²) in [4.78, 5) is 30.6. The number of carbonyl (C=O) groups excluding carboxylic acids is 2. The van der Waals surface area contributed by atoms with Crippen LogP contribution in [0.5, 0.6) is 0 Å². The SMILES string of the molecule is Cc1ccc2nc3c(c(C(=O)OC(C)C(=O)Nc4ccc(S(N)(=O)=O)cc4)c2c1)CCCC3. The van der Waals surface area contributed by atoms with Crippen LogP contribution in [-0.4, -0.2) is 31.4 Å². The third kappa shape index (κ3) is 4.89. The zero-order valence-corrected chi connectivity index (χ0v) is 19.2. The lowest BCUT2D eigenvalue weighted by molar-refractivity contribution is -0.123. The molecule has 0 bridgehead atoms. The predicted molar refractivity (Wildman–Crippen MR) is 124 cm³/mol. The fourth-order valence-electron chi connectivity index (χ4n) is 4.02. The quantitative estimate of drug-likeness (QED) is 0.554. The molecule has 1 aliphatic rings. The van der Waals surface area contributed by atoms with Gasteiger partial charge in [0.15, 0.2) is 6.10 Å². The number of fused-ring (bicyclic) bond motifs is 2. The lowest BCUT2D eigenvalue weighted by Crippen LogP contribution is -2.30. The number of pyridine rings is 1. The van der Waals surface area contributed by atoms with E-state index in [4.69, 9.17) is 14.9 Å². The zero-order chi connectivity index (χ0) is 23.8. The highest BCUT2D eigenvalue weighted by atomic mass is 32.2. The molecular formula is C24H25N3O5S. The van der Waals surface area contributed by atoms with Crippen molar-refractivity contribution in [1.29, 1.82) is 0 Å². The summed E-state index contributed by atoms with van der Waals surface area (Å²) >= 11 is 0. The van der Waals surface area contributed by atoms with Crippen LogP contribution in [0.4, 0.5) is 5.69 Å². The van der Waals surface area contributed by atoms with Gasteiger partial charge in [0, 0.05) is 16.8 Å². The molecule has 1 heterocycles. The van der Waals surface area contributed by atoms with E-state index in [1.165, 1.54) is 31.2 Å². The molecule has 0 radical (unpaired) electrons. The Morgan fingerprint density at radius 3 is 2.48 bits per heavy atom. The van der Waals surface area contributed by atoms with Crippen molar-refractivity contribution in [2.45, 2.75) is 50.5 Å². The van der Waals surface area contributed by atoms with Crippen LogP contribution in [0.1, 0.15) is 46.9 Å². The van der Waals surface area contributed by atoms with Crippen molar-refractivity contribution >= 4 is 38.5 Å². The summed E-state index contributed by atoms with van der Waals surface area (Å²) in [6.07, 6.45) is 2.48. The van der Waals surface area contributed by atoms with Gasteiger partial charge in [0.1, 0.15) is 0 Å². The van der Waals surface area contributed by atoms with Crippen molar-refractivity contribution in [1.82, 2.24) is 4.98 Å². The molecule has 0 saturated heterocycles. The number of rotatable bonds is 5. The first-order chi connectivity index (χ1) is 15.6. The summed E-state index contributed by atoms with van der Waals surface area (Å²) in [5.41, 5.74) is 4.39. The Bertz CT molecular complexity index is 1350. The second kappa shape index (κ2) is 8.92. The Kier molecular flexibility index (Phi) is 6.18. The van der Waals surface area contributed by atoms with E-state index in [0.29, 0.717) is 11.3 Å². The van der Waals surface area contributed by atoms with Gasteiger partial charge in [0.05, 0.1) is 16.0 Å². The van der Waals surface area contributed by atoms with Crippen LogP contribution in [0.2, 0.25) is 0 Å². The summed E-state index contributed by atoms with van der Waals surface area (Å²) in [5, 5.41) is 8.44. The van der Waals surface area contributed by atoms with Crippen LogP contribution in [0.15, 0.2) is 47.4 Å². The molecule has 1 unspecified atom stereocenters. The fraction of sp³-hybridized carbons (Fsp3) is 0.292. The van der Waals surface area contributed by atoms with Crippen LogP contribution in [0.25, 0.3) is 10.9 Å². The highest BCUT2D eigenvalue weighted by Gasteiger charge is 2.26. The van der Waals surface area contributed by atoms with E-state index >= 15 is 0 Å². The number of aryl methyl sites for hydroxylation is 2. The summed E-state index contributed by atoms with van der Waals surface area (Å²) in [6, 6.07) is 11.2. The maximum absolute atomic E-state index is 13.3. The number of benzene rings is 2. The summed E-state index contributed by atoms with van der Waals surface area (Å²) in [7, 11) is -3.83. The van der Waals surface area contributed by atoms with Crippen molar-refractivity contribution in [3.63, 3.8) is 0 Å². The van der Waals surface area contributed by atoms with Crippen molar-refractivity contribution in [2.75, 3.05) is 5.32 Å². The molecule has 2 aromatic carbocycles. The number of nitrogens with two attached hydrogens (primary N) is 1. The first-order valence-corrected chi connectivity index (χ1v) is 12.2. The van der Waals surface area contributed by atoms with Gasteiger partial charge in [-0.1, -0.05) is 11.6 Å². The standard InChI is InChI=1S/C24H25N3O5S/c1-14-7-12-21-19(13-14)22(18-5-3-4-6-20(18)27-21)24(29)32-15(2)23(28)26-16-8-10-17(11-9-16)33(25,30)31/h7-13,15H,3-6H2,1-2H3,(H,26,28)(H2,25,30,31). The number of hydrogen-bond donors (Lipinski definition) is 2. The monoisotopic (exact) mass is 467 g/mol. The molecule has 3 N–H and O–H groups in total. The van der Waals surface area contributed by atoms with Crippen LogP contribution >= 0.6 is 0 Å². The number of nitrogens with one attached hydrogen (secondary N) is 1. The van der Waals surface area contributed by atoms with Gasteiger partial charge < -0.3 is 10.1 Å². The molecule has 0 fully saturated rings. The first kappa shape index (κ1) is 22.9. The number of amides is 1. The molecule has 0 aliphatic heterocycles. The topological polar surface area (TPSA) is 128 Å². The summed E-state index contributed by atoms with van der Waals surface area (Å²) < 4.78 is 28.3. The second-order valence-electron chi connectivity index (χ2n) is 8.25. The Hall–Kier alpha value is -3.30. The Balaban J connectivity index is 1.56. The molecule has 1 aliphatic carbocycles. The lowest BCUT2D eigenvalue weighted by atomic mass is 9.89. The number of hydrogen-bond acceptors (Lipinski definition) is 6. The number of esters is 1. The third-order valence-electron chi connectivity index (χ3n) is 5.72. The lowest BCUT2D eigenvalue weighted by Gasteiger charge is -2.21. The van der Waals surface area contributed by atoms with Gasteiger partial charge in [0.25, 0.3) is 5.91 Å². The van der Waals surface area contributed by atoms with Gasteiger partial charge in [-0.3, -0.25) is 9.78 Å². The number of primary sulfonamides is 1. The van der Waals surface area contributed by atoms with Gasteiger partial charge in [-0.25, -0.2) is 18.4 Å². The van der Waals surface area contributed by atoms with E-state index in [0.717, 1.165) is 53.4 Å². The number of anilines is 1. The Morgan fingerprint density at radius 2 is 1.79 bits per heavy atom. The molecule has 1 aromatic heterocycles. The molecule has 8 nitrogen and oxygen atoms in total. The van der Waals surface area contributed by atoms with E-state index in [1.807, 2.05) is 25.1 Å². The highest BCUT2D eigenvalue weighted by molar-refractivity contribution is 7.89. The molecule has 172 valence electrons. The fourth-order valence-corrected chi connectivity index (χ4v) is 4.53. The smallest absolute Gasteiger partial charge is 0.339 e. The highest BCUT2D eigenvalue weighted by Crippen LogP contribution is 2.30. The van der Waals surface area contributed by atoms with E-state index in [2.05, 4.69) is 5.32 Å². The van der Waals surface area contributed by atoms with E-state index in [9.17, 15) is 18.0 Å². The largest absolute Gasteiger partial charge is 0.449 e. The first-order valence-electron chi connectivity index (χ1n) is 10.7. The van der Waals surface area contributed by atoms with Crippen LogP contribution in [0, 0.1) is 6.92 Å². The number of sulfonamides is 1. The van der Waals surface area contributed by atoms with Crippen molar-refractivity contribution in [3.8, 4) is 0 Å². The maximum atomic E-state index is 13.3. The average Bonchev–Trinajstić information content (AvgIpc) is 2.77. The van der Waals surface area contributed by atoms with Gasteiger partial charge in [-0.05, 0) is 81.5 Å². The van der Waals surface area contributed by atoms with Crippen molar-refractivity contribution in [2.24, 2.45) is 5.14 Å². The molecule has 9 heteroatoms. The molecule has 0 saturated carbocycles. The van der Waals surface area contributed by atoms with Gasteiger partial charge in [-0.2, -0.15) is 0 Å². The Morgan fingerprint density at radius 1 is 1.09 bits per heavy atom. The number of ether oxygens (including phenoxy) is 1. The third-order valence-corrected chi connectivity index (χ3v) is 6.65.